The van der Waals surface area contributed by atoms with Gasteiger partial charge in [0.2, 0.25) is 0 Å². The summed E-state index contributed by atoms with van der Waals surface area (Å²) in [5, 5.41) is 6.19. The number of benzene rings is 1. The molecular formula is C22H30N4O3. The van der Waals surface area contributed by atoms with Crippen LogP contribution in [0.15, 0.2) is 18.2 Å². The fraction of sp³-hybridized carbons (Fsp3) is 0.636. The molecule has 4 aliphatic rings. The summed E-state index contributed by atoms with van der Waals surface area (Å²) in [6.45, 7) is 3.90. The van der Waals surface area contributed by atoms with Crippen molar-refractivity contribution in [2.45, 2.75) is 50.2 Å². The van der Waals surface area contributed by atoms with Crippen LogP contribution in [-0.4, -0.2) is 66.6 Å². The van der Waals surface area contributed by atoms with Gasteiger partial charge in [-0.25, -0.2) is 4.79 Å². The molecule has 7 heteroatoms. The molecule has 0 bridgehead atoms. The maximum absolute atomic E-state index is 13.0. The van der Waals surface area contributed by atoms with Gasteiger partial charge in [0, 0.05) is 31.2 Å². The van der Waals surface area contributed by atoms with Gasteiger partial charge in [0.15, 0.2) is 0 Å². The summed E-state index contributed by atoms with van der Waals surface area (Å²) < 4.78 is 5.31. The van der Waals surface area contributed by atoms with Crippen molar-refractivity contribution in [3.8, 4) is 5.75 Å². The van der Waals surface area contributed by atoms with Crippen molar-refractivity contribution in [3.63, 3.8) is 0 Å². The van der Waals surface area contributed by atoms with E-state index in [-0.39, 0.29) is 17.5 Å². The third-order valence-electron chi connectivity index (χ3n) is 7.49. The molecule has 29 heavy (non-hydrogen) atoms. The number of nitrogens with one attached hydrogen (secondary N) is 2. The van der Waals surface area contributed by atoms with Gasteiger partial charge in [0.05, 0.1) is 12.6 Å². The third-order valence-corrected chi connectivity index (χ3v) is 7.49. The van der Waals surface area contributed by atoms with Gasteiger partial charge in [-0.1, -0.05) is 6.42 Å². The molecule has 0 aromatic heterocycles. The molecule has 1 aliphatic carbocycles. The first-order chi connectivity index (χ1) is 14.1. The molecule has 3 fully saturated rings. The molecule has 2 saturated heterocycles. The van der Waals surface area contributed by atoms with E-state index < -0.39 is 0 Å². The molecule has 1 unspecified atom stereocenters. The number of carbonyl (C=O) groups excluding carboxylic acids is 2. The van der Waals surface area contributed by atoms with E-state index >= 15 is 0 Å². The minimum atomic E-state index is -0.384. The van der Waals surface area contributed by atoms with Crippen molar-refractivity contribution in [1.29, 1.82) is 0 Å². The Kier molecular flexibility index (Phi) is 4.65. The second kappa shape index (κ2) is 7.20. The zero-order chi connectivity index (χ0) is 20.0. The van der Waals surface area contributed by atoms with Crippen LogP contribution >= 0.6 is 0 Å². The van der Waals surface area contributed by atoms with Gasteiger partial charge < -0.3 is 25.2 Å². The molecule has 1 aromatic rings. The second-order valence-electron chi connectivity index (χ2n) is 9.04. The monoisotopic (exact) mass is 398 g/mol. The van der Waals surface area contributed by atoms with Crippen molar-refractivity contribution in [1.82, 2.24) is 20.4 Å². The number of fused-ring (bicyclic) bond motifs is 1. The SMILES string of the molecule is COc1ccc2c(c1)CN(CC1(C3CCN(C4CCC4)CC3)CNC(=O)N1)C2=O. The number of likely N-dealkylation sites (tertiary alicyclic amines) is 1. The number of amides is 3. The van der Waals surface area contributed by atoms with Gasteiger partial charge in [0.25, 0.3) is 5.91 Å². The molecule has 3 heterocycles. The number of rotatable bonds is 5. The lowest BCUT2D eigenvalue weighted by molar-refractivity contribution is 0.0443. The highest BCUT2D eigenvalue weighted by molar-refractivity contribution is 5.98. The normalized spacial score (nSPS) is 28.1. The molecule has 7 nitrogen and oxygen atoms in total. The second-order valence-corrected chi connectivity index (χ2v) is 9.04. The predicted molar refractivity (Wildman–Crippen MR) is 109 cm³/mol. The van der Waals surface area contributed by atoms with Crippen molar-refractivity contribution >= 4 is 11.9 Å². The van der Waals surface area contributed by atoms with Crippen LogP contribution in [-0.2, 0) is 6.54 Å². The zero-order valence-electron chi connectivity index (χ0n) is 17.1. The highest BCUT2D eigenvalue weighted by Gasteiger charge is 2.48. The molecule has 3 amide bonds. The van der Waals surface area contributed by atoms with Crippen molar-refractivity contribution in [2.75, 3.05) is 33.3 Å². The van der Waals surface area contributed by atoms with Gasteiger partial charge in [-0.15, -0.1) is 0 Å². The van der Waals surface area contributed by atoms with Crippen molar-refractivity contribution in [2.24, 2.45) is 5.92 Å². The lowest BCUT2D eigenvalue weighted by Crippen LogP contribution is -2.60. The number of urea groups is 1. The van der Waals surface area contributed by atoms with Crippen LogP contribution in [0.1, 0.15) is 48.0 Å². The predicted octanol–water partition coefficient (Wildman–Crippen LogP) is 1.97. The molecule has 3 aliphatic heterocycles. The first-order valence-electron chi connectivity index (χ1n) is 10.8. The number of hydrogen-bond donors (Lipinski definition) is 2. The van der Waals surface area contributed by atoms with Gasteiger partial charge >= 0.3 is 6.03 Å². The van der Waals surface area contributed by atoms with Gasteiger partial charge in [-0.05, 0) is 68.5 Å². The van der Waals surface area contributed by atoms with E-state index in [1.54, 1.807) is 7.11 Å². The summed E-state index contributed by atoms with van der Waals surface area (Å²) in [6, 6.07) is 6.30. The largest absolute Gasteiger partial charge is 0.497 e. The lowest BCUT2D eigenvalue weighted by atomic mass is 9.76. The minimum Gasteiger partial charge on any atom is -0.497 e. The fourth-order valence-electron chi connectivity index (χ4n) is 5.55. The van der Waals surface area contributed by atoms with E-state index in [4.69, 9.17) is 4.74 Å². The highest BCUT2D eigenvalue weighted by Crippen LogP contribution is 2.36. The summed E-state index contributed by atoms with van der Waals surface area (Å²) in [4.78, 5) is 29.7. The summed E-state index contributed by atoms with van der Waals surface area (Å²) >= 11 is 0. The fourth-order valence-corrected chi connectivity index (χ4v) is 5.55. The summed E-state index contributed by atoms with van der Waals surface area (Å²) in [6.07, 6.45) is 6.16. The van der Waals surface area contributed by atoms with Gasteiger partial charge in [-0.2, -0.15) is 0 Å². The smallest absolute Gasteiger partial charge is 0.315 e. The number of nitrogens with zero attached hydrogens (tertiary/aromatic N) is 2. The van der Waals surface area contributed by atoms with Crippen LogP contribution in [0.3, 0.4) is 0 Å². The molecule has 2 N–H and O–H groups in total. The van der Waals surface area contributed by atoms with E-state index in [1.165, 1.54) is 19.3 Å². The topological polar surface area (TPSA) is 73.9 Å². The number of carbonyl (C=O) groups is 2. The highest BCUT2D eigenvalue weighted by atomic mass is 16.5. The lowest BCUT2D eigenvalue weighted by Gasteiger charge is -2.47. The maximum Gasteiger partial charge on any atom is 0.315 e. The molecule has 156 valence electrons. The molecule has 1 atom stereocenters. The summed E-state index contributed by atoms with van der Waals surface area (Å²) in [5.74, 6) is 1.20. The number of hydrogen-bond acceptors (Lipinski definition) is 4. The average molecular weight is 399 g/mol. The maximum atomic E-state index is 13.0. The molecule has 5 rings (SSSR count). The Morgan fingerprint density at radius 1 is 1.17 bits per heavy atom. The Hall–Kier alpha value is -2.28. The van der Waals surface area contributed by atoms with Crippen LogP contribution < -0.4 is 15.4 Å². The summed E-state index contributed by atoms with van der Waals surface area (Å²) in [5.41, 5.74) is 1.37. The van der Waals surface area contributed by atoms with E-state index in [0.717, 1.165) is 48.8 Å². The Morgan fingerprint density at radius 2 is 1.97 bits per heavy atom. The molecular weight excluding hydrogens is 368 g/mol. The van der Waals surface area contributed by atoms with E-state index in [1.807, 2.05) is 23.1 Å². The number of methoxy groups -OCH3 is 1. The Bertz CT molecular complexity index is 816. The number of piperidine rings is 1. The van der Waals surface area contributed by atoms with Crippen LogP contribution in [0, 0.1) is 5.92 Å². The molecule has 1 aromatic carbocycles. The quantitative estimate of drug-likeness (QED) is 0.795. The van der Waals surface area contributed by atoms with E-state index in [2.05, 4.69) is 15.5 Å². The average Bonchev–Trinajstić information content (AvgIpc) is 3.21. The first-order valence-corrected chi connectivity index (χ1v) is 10.8. The summed E-state index contributed by atoms with van der Waals surface area (Å²) in [7, 11) is 1.64. The molecule has 0 spiro atoms. The Balaban J connectivity index is 1.31. The zero-order valence-corrected chi connectivity index (χ0v) is 17.1. The molecule has 1 saturated carbocycles. The van der Waals surface area contributed by atoms with Crippen molar-refractivity contribution in [3.05, 3.63) is 29.3 Å². The van der Waals surface area contributed by atoms with Crippen LogP contribution in [0.4, 0.5) is 4.79 Å². The Labute approximate surface area is 171 Å². The standard InChI is InChI=1S/C22H30N4O3/c1-29-18-5-6-19-15(11-18)12-26(20(19)27)14-22(13-23-21(28)24-22)16-7-9-25(10-8-16)17-3-2-4-17/h5-6,11,16-17H,2-4,7-10,12-14H2,1H3,(H2,23,24,28). The Morgan fingerprint density at radius 3 is 2.59 bits per heavy atom. The van der Waals surface area contributed by atoms with Crippen LogP contribution in [0.25, 0.3) is 0 Å². The van der Waals surface area contributed by atoms with Crippen molar-refractivity contribution < 1.29 is 14.3 Å². The van der Waals surface area contributed by atoms with Gasteiger partial charge in [0.1, 0.15) is 5.75 Å². The molecule has 0 radical (unpaired) electrons. The first kappa shape index (κ1) is 18.7. The third kappa shape index (κ3) is 3.25. The van der Waals surface area contributed by atoms with Crippen LogP contribution in [0.2, 0.25) is 0 Å². The van der Waals surface area contributed by atoms with Crippen LogP contribution in [0.5, 0.6) is 5.75 Å². The van der Waals surface area contributed by atoms with E-state index in [9.17, 15) is 9.59 Å². The minimum absolute atomic E-state index is 0.0510. The van der Waals surface area contributed by atoms with Gasteiger partial charge in [-0.3, -0.25) is 4.79 Å². The number of ether oxygens (including phenoxy) is 1. The van der Waals surface area contributed by atoms with E-state index in [0.29, 0.717) is 25.6 Å².